The van der Waals surface area contributed by atoms with Crippen LogP contribution in [-0.2, 0) is 0 Å². The van der Waals surface area contributed by atoms with Gasteiger partial charge in [-0.15, -0.1) is 23.7 Å². The largest absolute Gasteiger partial charge is 0.366 e. The van der Waals surface area contributed by atoms with Gasteiger partial charge in [0.05, 0.1) is 10.4 Å². The maximum Gasteiger partial charge on any atom is 0.264 e. The lowest BCUT2D eigenvalue weighted by Gasteiger charge is -2.23. The zero-order valence-electron chi connectivity index (χ0n) is 10.7. The number of likely N-dealkylation sites (N-methyl/N-ethyl adjacent to an activating group) is 1. The van der Waals surface area contributed by atoms with Gasteiger partial charge in [-0.1, -0.05) is 0 Å². The van der Waals surface area contributed by atoms with Gasteiger partial charge < -0.3 is 16.0 Å². The van der Waals surface area contributed by atoms with Crippen LogP contribution in [0.2, 0.25) is 0 Å². The van der Waals surface area contributed by atoms with Crippen molar-refractivity contribution < 1.29 is 9.59 Å². The third-order valence-corrected chi connectivity index (χ3v) is 4.09. The number of amides is 2. The first-order valence-electron chi connectivity index (χ1n) is 5.97. The molecule has 2 amide bonds. The topological polar surface area (TPSA) is 75.4 Å². The summed E-state index contributed by atoms with van der Waals surface area (Å²) in [6.45, 7) is 1.59. The molecule has 3 N–H and O–H groups in total. The molecule has 1 aliphatic rings. The predicted molar refractivity (Wildman–Crippen MR) is 78.1 cm³/mol. The quantitative estimate of drug-likeness (QED) is 0.874. The Morgan fingerprint density at radius 1 is 1.58 bits per heavy atom. The van der Waals surface area contributed by atoms with Crippen molar-refractivity contribution >= 4 is 35.6 Å². The first kappa shape index (κ1) is 15.9. The van der Waals surface area contributed by atoms with E-state index in [0.717, 1.165) is 25.9 Å². The molecule has 1 atom stereocenters. The summed E-state index contributed by atoms with van der Waals surface area (Å²) >= 11 is 1.28. The molecule has 1 aromatic heterocycles. The average molecular weight is 304 g/mol. The third-order valence-electron chi connectivity index (χ3n) is 3.17. The van der Waals surface area contributed by atoms with E-state index in [1.807, 2.05) is 11.9 Å². The van der Waals surface area contributed by atoms with E-state index < -0.39 is 5.91 Å². The highest BCUT2D eigenvalue weighted by Crippen LogP contribution is 2.23. The van der Waals surface area contributed by atoms with E-state index in [1.54, 1.807) is 11.4 Å². The van der Waals surface area contributed by atoms with E-state index in [-0.39, 0.29) is 24.4 Å². The second-order valence-electron chi connectivity index (χ2n) is 4.42. The van der Waals surface area contributed by atoms with Crippen molar-refractivity contribution in [1.29, 1.82) is 0 Å². The summed E-state index contributed by atoms with van der Waals surface area (Å²) in [6, 6.07) is 1.84. The van der Waals surface area contributed by atoms with E-state index in [2.05, 4.69) is 5.32 Å². The standard InChI is InChI=1S/C12H17N3O2S.ClH/c1-14-6-9-3-2-4-15(9)12(17)10-5-8(7-18-10)11(13)16;/h5,7,9,14H,2-4,6H2,1H3,(H2,13,16);1H. The Morgan fingerprint density at radius 3 is 2.89 bits per heavy atom. The Hall–Kier alpha value is -1.11. The highest BCUT2D eigenvalue weighted by Gasteiger charge is 2.29. The van der Waals surface area contributed by atoms with Crippen LogP contribution >= 0.6 is 23.7 Å². The van der Waals surface area contributed by atoms with E-state index in [1.165, 1.54) is 11.3 Å². The molecule has 1 saturated heterocycles. The Labute approximate surface area is 122 Å². The van der Waals surface area contributed by atoms with Crippen LogP contribution in [0.3, 0.4) is 0 Å². The first-order chi connectivity index (χ1) is 8.63. The summed E-state index contributed by atoms with van der Waals surface area (Å²) < 4.78 is 0. The van der Waals surface area contributed by atoms with Crippen LogP contribution in [0.25, 0.3) is 0 Å². The van der Waals surface area contributed by atoms with Gasteiger partial charge in [-0.3, -0.25) is 9.59 Å². The number of nitrogens with two attached hydrogens (primary N) is 1. The van der Waals surface area contributed by atoms with Crippen LogP contribution in [0.15, 0.2) is 11.4 Å². The Morgan fingerprint density at radius 2 is 2.32 bits per heavy atom. The van der Waals surface area contributed by atoms with E-state index in [9.17, 15) is 9.59 Å². The fourth-order valence-electron chi connectivity index (χ4n) is 2.27. The number of nitrogens with one attached hydrogen (secondary N) is 1. The van der Waals surface area contributed by atoms with Gasteiger partial charge in [-0.2, -0.15) is 0 Å². The van der Waals surface area contributed by atoms with Crippen molar-refractivity contribution in [3.8, 4) is 0 Å². The van der Waals surface area contributed by atoms with Gasteiger partial charge in [0.2, 0.25) is 5.91 Å². The van der Waals surface area contributed by atoms with Gasteiger partial charge in [-0.05, 0) is 26.0 Å². The summed E-state index contributed by atoms with van der Waals surface area (Å²) in [6.07, 6.45) is 2.06. The second kappa shape index (κ2) is 6.88. The molecule has 0 bridgehead atoms. The molecule has 1 aromatic rings. The maximum atomic E-state index is 12.3. The molecule has 1 aliphatic heterocycles. The average Bonchev–Trinajstić information content (AvgIpc) is 2.97. The normalized spacial score (nSPS) is 18.2. The van der Waals surface area contributed by atoms with E-state index in [4.69, 9.17) is 5.73 Å². The smallest absolute Gasteiger partial charge is 0.264 e. The molecule has 0 spiro atoms. The van der Waals surface area contributed by atoms with E-state index >= 15 is 0 Å². The lowest BCUT2D eigenvalue weighted by atomic mass is 10.2. The van der Waals surface area contributed by atoms with Crippen molar-refractivity contribution in [3.63, 3.8) is 0 Å². The van der Waals surface area contributed by atoms with Crippen LogP contribution in [0.1, 0.15) is 32.9 Å². The molecule has 0 aliphatic carbocycles. The fourth-order valence-corrected chi connectivity index (χ4v) is 3.12. The molecular weight excluding hydrogens is 286 g/mol. The Kier molecular flexibility index (Phi) is 5.78. The van der Waals surface area contributed by atoms with Crippen LogP contribution in [0.4, 0.5) is 0 Å². The number of thiophene rings is 1. The first-order valence-corrected chi connectivity index (χ1v) is 6.85. The summed E-state index contributed by atoms with van der Waals surface area (Å²) in [4.78, 5) is 25.8. The molecule has 0 saturated carbocycles. The lowest BCUT2D eigenvalue weighted by molar-refractivity contribution is 0.0742. The van der Waals surface area contributed by atoms with Gasteiger partial charge in [0.1, 0.15) is 0 Å². The third kappa shape index (κ3) is 3.46. The number of carbonyl (C=O) groups excluding carboxylic acids is 2. The second-order valence-corrected chi connectivity index (χ2v) is 5.33. The van der Waals surface area contributed by atoms with Crippen molar-refractivity contribution in [3.05, 3.63) is 21.9 Å². The minimum atomic E-state index is -0.488. The van der Waals surface area contributed by atoms with Crippen LogP contribution in [0, 0.1) is 0 Å². The Balaban J connectivity index is 0.00000180. The molecule has 106 valence electrons. The van der Waals surface area contributed by atoms with Crippen molar-refractivity contribution in [2.24, 2.45) is 5.73 Å². The molecule has 1 fully saturated rings. The monoisotopic (exact) mass is 303 g/mol. The number of hydrogen-bond donors (Lipinski definition) is 2. The SMILES string of the molecule is CNCC1CCCN1C(=O)c1cc(C(N)=O)cs1.Cl. The number of likely N-dealkylation sites (tertiary alicyclic amines) is 1. The van der Waals surface area contributed by atoms with Gasteiger partial charge in [0, 0.05) is 24.5 Å². The van der Waals surface area contributed by atoms with Gasteiger partial charge in [0.25, 0.3) is 5.91 Å². The number of hydrogen-bond acceptors (Lipinski definition) is 4. The summed E-state index contributed by atoms with van der Waals surface area (Å²) in [7, 11) is 1.89. The molecule has 2 rings (SSSR count). The highest BCUT2D eigenvalue weighted by atomic mass is 35.5. The molecule has 1 unspecified atom stereocenters. The molecule has 0 radical (unpaired) electrons. The van der Waals surface area contributed by atoms with Crippen molar-refractivity contribution in [2.75, 3.05) is 20.1 Å². The van der Waals surface area contributed by atoms with Gasteiger partial charge in [-0.25, -0.2) is 0 Å². The zero-order valence-corrected chi connectivity index (χ0v) is 12.4. The fraction of sp³-hybridized carbons (Fsp3) is 0.500. The van der Waals surface area contributed by atoms with Crippen LogP contribution in [-0.4, -0.2) is 42.9 Å². The summed E-state index contributed by atoms with van der Waals surface area (Å²) in [5.74, 6) is -0.483. The number of nitrogens with zero attached hydrogens (tertiary/aromatic N) is 1. The summed E-state index contributed by atoms with van der Waals surface area (Å²) in [5, 5.41) is 4.74. The predicted octanol–water partition coefficient (Wildman–Crippen LogP) is 1.09. The van der Waals surface area contributed by atoms with E-state index in [0.29, 0.717) is 10.4 Å². The highest BCUT2D eigenvalue weighted by molar-refractivity contribution is 7.12. The number of primary amides is 1. The molecule has 19 heavy (non-hydrogen) atoms. The zero-order chi connectivity index (χ0) is 13.1. The van der Waals surface area contributed by atoms with Crippen LogP contribution < -0.4 is 11.1 Å². The van der Waals surface area contributed by atoms with Crippen LogP contribution in [0.5, 0.6) is 0 Å². The summed E-state index contributed by atoms with van der Waals surface area (Å²) in [5.41, 5.74) is 5.60. The minimum absolute atomic E-state index is 0. The number of halogens is 1. The minimum Gasteiger partial charge on any atom is -0.366 e. The maximum absolute atomic E-state index is 12.3. The molecular formula is C12H18ClN3O2S. The molecule has 2 heterocycles. The number of carbonyl (C=O) groups is 2. The van der Waals surface area contributed by atoms with Crippen molar-refractivity contribution in [1.82, 2.24) is 10.2 Å². The molecule has 5 nitrogen and oxygen atoms in total. The Bertz CT molecular complexity index is 464. The molecule has 0 aromatic carbocycles. The van der Waals surface area contributed by atoms with Gasteiger partial charge >= 0.3 is 0 Å². The van der Waals surface area contributed by atoms with Gasteiger partial charge in [0.15, 0.2) is 0 Å². The number of rotatable bonds is 4. The lowest BCUT2D eigenvalue weighted by Crippen LogP contribution is -2.40. The molecule has 7 heteroatoms. The van der Waals surface area contributed by atoms with Crippen molar-refractivity contribution in [2.45, 2.75) is 18.9 Å².